The molecule has 6 nitrogen and oxygen atoms in total. The highest BCUT2D eigenvalue weighted by molar-refractivity contribution is 5.88. The summed E-state index contributed by atoms with van der Waals surface area (Å²) >= 11 is 0. The second-order valence-corrected chi connectivity index (χ2v) is 8.50. The number of ether oxygens (including phenoxy) is 2. The molecule has 1 fully saturated rings. The number of aromatic nitrogens is 1. The van der Waals surface area contributed by atoms with E-state index < -0.39 is 0 Å². The highest BCUT2D eigenvalue weighted by atomic mass is 16.5. The van der Waals surface area contributed by atoms with Crippen LogP contribution in [-0.2, 0) is 16.0 Å². The fourth-order valence-electron chi connectivity index (χ4n) is 4.63. The summed E-state index contributed by atoms with van der Waals surface area (Å²) in [6.07, 6.45) is 3.44. The smallest absolute Gasteiger partial charge is 0.220 e. The molecule has 0 spiro atoms. The first-order valence-electron chi connectivity index (χ1n) is 12.1. The maximum absolute atomic E-state index is 13.0. The van der Waals surface area contributed by atoms with Crippen LogP contribution in [0.15, 0.2) is 48.7 Å². The standard InChI is InChI=1S/C27H35N3O3/c1-3-20-6-5-7-23-25(19-29-27(20)23)24(21-8-10-22(11-9-21)33-4-2)18-26(31)28-12-13-30-14-16-32-17-15-30/h5-11,19,24,29H,3-4,12-18H2,1-2H3,(H,28,31)/t24-/m0/s1. The number of carbonyl (C=O) groups excluding carboxylic acids is 1. The van der Waals surface area contributed by atoms with Gasteiger partial charge < -0.3 is 19.8 Å². The van der Waals surface area contributed by atoms with E-state index in [1.807, 2.05) is 19.1 Å². The molecule has 33 heavy (non-hydrogen) atoms. The van der Waals surface area contributed by atoms with Gasteiger partial charge in [0.15, 0.2) is 0 Å². The molecule has 2 N–H and O–H groups in total. The second kappa shape index (κ2) is 11.3. The Balaban J connectivity index is 1.53. The highest BCUT2D eigenvalue weighted by Gasteiger charge is 2.22. The van der Waals surface area contributed by atoms with Crippen molar-refractivity contribution in [1.29, 1.82) is 0 Å². The van der Waals surface area contributed by atoms with Gasteiger partial charge in [-0.1, -0.05) is 37.3 Å². The lowest BCUT2D eigenvalue weighted by Gasteiger charge is -2.26. The topological polar surface area (TPSA) is 66.6 Å². The number of rotatable bonds is 10. The number of para-hydroxylation sites is 1. The Bertz CT molecular complexity index is 1040. The minimum atomic E-state index is -0.0371. The lowest BCUT2D eigenvalue weighted by atomic mass is 9.87. The van der Waals surface area contributed by atoms with Crippen LogP contribution in [-0.4, -0.2) is 61.8 Å². The quantitative estimate of drug-likeness (QED) is 0.489. The van der Waals surface area contributed by atoms with E-state index in [1.54, 1.807) is 0 Å². The molecular weight excluding hydrogens is 414 g/mol. The van der Waals surface area contributed by atoms with Gasteiger partial charge in [-0.2, -0.15) is 0 Å². The minimum Gasteiger partial charge on any atom is -0.494 e. The van der Waals surface area contributed by atoms with Crippen molar-refractivity contribution in [3.05, 3.63) is 65.4 Å². The van der Waals surface area contributed by atoms with Crippen molar-refractivity contribution in [2.24, 2.45) is 0 Å². The summed E-state index contributed by atoms with van der Waals surface area (Å²) in [5, 5.41) is 4.33. The molecule has 2 heterocycles. The molecule has 1 aliphatic heterocycles. The van der Waals surface area contributed by atoms with E-state index >= 15 is 0 Å². The Morgan fingerprint density at radius 1 is 1.15 bits per heavy atom. The van der Waals surface area contributed by atoms with E-state index in [0.717, 1.165) is 56.1 Å². The molecule has 1 aliphatic rings. The van der Waals surface area contributed by atoms with Crippen molar-refractivity contribution >= 4 is 16.8 Å². The summed E-state index contributed by atoms with van der Waals surface area (Å²) in [6, 6.07) is 14.6. The first-order chi connectivity index (χ1) is 16.2. The van der Waals surface area contributed by atoms with Crippen LogP contribution in [0.2, 0.25) is 0 Å². The van der Waals surface area contributed by atoms with E-state index in [1.165, 1.54) is 16.5 Å². The summed E-state index contributed by atoms with van der Waals surface area (Å²) in [6.45, 7) is 9.70. The van der Waals surface area contributed by atoms with Gasteiger partial charge in [-0.3, -0.25) is 9.69 Å². The number of benzene rings is 2. The molecular formula is C27H35N3O3. The van der Waals surface area contributed by atoms with E-state index in [2.05, 4.69) is 58.7 Å². The number of H-pyrrole nitrogens is 1. The fraction of sp³-hybridized carbons (Fsp3) is 0.444. The van der Waals surface area contributed by atoms with Gasteiger partial charge in [-0.15, -0.1) is 0 Å². The number of nitrogens with one attached hydrogen (secondary N) is 2. The number of fused-ring (bicyclic) bond motifs is 1. The second-order valence-electron chi connectivity index (χ2n) is 8.50. The van der Waals surface area contributed by atoms with Gasteiger partial charge in [0.2, 0.25) is 5.91 Å². The molecule has 6 heteroatoms. The van der Waals surface area contributed by atoms with Crippen molar-refractivity contribution in [2.45, 2.75) is 32.6 Å². The van der Waals surface area contributed by atoms with Crippen LogP contribution in [0.4, 0.5) is 0 Å². The molecule has 176 valence electrons. The predicted octanol–water partition coefficient (Wildman–Crippen LogP) is 4.10. The lowest BCUT2D eigenvalue weighted by Crippen LogP contribution is -2.41. The SMILES string of the molecule is CCOc1ccc([C@H](CC(=O)NCCN2CCOCC2)c2c[nH]c3c(CC)cccc23)cc1. The van der Waals surface area contributed by atoms with Gasteiger partial charge in [0, 0.05) is 55.6 Å². The van der Waals surface area contributed by atoms with Crippen LogP contribution in [0.3, 0.4) is 0 Å². The van der Waals surface area contributed by atoms with Crippen molar-refractivity contribution in [1.82, 2.24) is 15.2 Å². The Morgan fingerprint density at radius 3 is 2.67 bits per heavy atom. The number of hydrogen-bond donors (Lipinski definition) is 2. The maximum Gasteiger partial charge on any atom is 0.220 e. The highest BCUT2D eigenvalue weighted by Crippen LogP contribution is 2.35. The Labute approximate surface area is 196 Å². The van der Waals surface area contributed by atoms with Gasteiger partial charge in [-0.25, -0.2) is 0 Å². The van der Waals surface area contributed by atoms with Crippen LogP contribution >= 0.6 is 0 Å². The molecule has 1 atom stereocenters. The first kappa shape index (κ1) is 23.3. The van der Waals surface area contributed by atoms with E-state index in [-0.39, 0.29) is 11.8 Å². The molecule has 0 saturated carbocycles. The number of aromatic amines is 1. The third-order valence-corrected chi connectivity index (χ3v) is 6.43. The Morgan fingerprint density at radius 2 is 1.94 bits per heavy atom. The van der Waals surface area contributed by atoms with Crippen molar-refractivity contribution < 1.29 is 14.3 Å². The lowest BCUT2D eigenvalue weighted by molar-refractivity contribution is -0.121. The van der Waals surface area contributed by atoms with Crippen molar-refractivity contribution in [3.63, 3.8) is 0 Å². The molecule has 0 aliphatic carbocycles. The van der Waals surface area contributed by atoms with Crippen LogP contribution in [0, 0.1) is 0 Å². The average molecular weight is 450 g/mol. The summed E-state index contributed by atoms with van der Waals surface area (Å²) in [7, 11) is 0. The number of morpholine rings is 1. The number of nitrogens with zero attached hydrogens (tertiary/aromatic N) is 1. The number of amides is 1. The first-order valence-corrected chi connectivity index (χ1v) is 12.1. The van der Waals surface area contributed by atoms with E-state index in [4.69, 9.17) is 9.47 Å². The summed E-state index contributed by atoms with van der Waals surface area (Å²) in [5.74, 6) is 0.884. The summed E-state index contributed by atoms with van der Waals surface area (Å²) in [4.78, 5) is 18.8. The van der Waals surface area contributed by atoms with Gasteiger partial charge in [0.05, 0.1) is 19.8 Å². The molecule has 4 rings (SSSR count). The third-order valence-electron chi connectivity index (χ3n) is 6.43. The normalized spacial score (nSPS) is 15.5. The third kappa shape index (κ3) is 5.75. The monoisotopic (exact) mass is 449 g/mol. The maximum atomic E-state index is 13.0. The zero-order valence-electron chi connectivity index (χ0n) is 19.7. The fourth-order valence-corrected chi connectivity index (χ4v) is 4.63. The zero-order chi connectivity index (χ0) is 23.0. The van der Waals surface area contributed by atoms with Gasteiger partial charge >= 0.3 is 0 Å². The van der Waals surface area contributed by atoms with E-state index in [9.17, 15) is 4.79 Å². The number of carbonyl (C=O) groups is 1. The van der Waals surface area contributed by atoms with E-state index in [0.29, 0.717) is 19.6 Å². The molecule has 1 saturated heterocycles. The van der Waals surface area contributed by atoms with Crippen molar-refractivity contribution in [3.8, 4) is 5.75 Å². The van der Waals surface area contributed by atoms with Crippen molar-refractivity contribution in [2.75, 3.05) is 46.0 Å². The Hall–Kier alpha value is -2.83. The average Bonchev–Trinajstić information content (AvgIpc) is 3.28. The zero-order valence-corrected chi connectivity index (χ0v) is 19.7. The number of hydrogen-bond acceptors (Lipinski definition) is 4. The van der Waals surface area contributed by atoms with Gasteiger partial charge in [0.1, 0.15) is 5.75 Å². The molecule has 2 aromatic carbocycles. The largest absolute Gasteiger partial charge is 0.494 e. The molecule has 3 aromatic rings. The number of aryl methyl sites for hydroxylation is 1. The molecule has 0 bridgehead atoms. The molecule has 0 unspecified atom stereocenters. The van der Waals surface area contributed by atoms with Crippen LogP contribution in [0.1, 0.15) is 42.9 Å². The molecule has 1 aromatic heterocycles. The molecule has 0 radical (unpaired) electrons. The summed E-state index contributed by atoms with van der Waals surface area (Å²) < 4.78 is 11.0. The van der Waals surface area contributed by atoms with Crippen LogP contribution < -0.4 is 10.1 Å². The van der Waals surface area contributed by atoms with Crippen LogP contribution in [0.25, 0.3) is 10.9 Å². The summed E-state index contributed by atoms with van der Waals surface area (Å²) in [5.41, 5.74) is 4.73. The minimum absolute atomic E-state index is 0.0371. The van der Waals surface area contributed by atoms with Gasteiger partial charge in [0.25, 0.3) is 0 Å². The Kier molecular flexibility index (Phi) is 8.02. The predicted molar refractivity (Wildman–Crippen MR) is 132 cm³/mol. The van der Waals surface area contributed by atoms with Crippen LogP contribution in [0.5, 0.6) is 5.75 Å². The molecule has 1 amide bonds. The van der Waals surface area contributed by atoms with Gasteiger partial charge in [-0.05, 0) is 42.2 Å².